The molecule has 0 fully saturated rings. The van der Waals surface area contributed by atoms with Crippen LogP contribution >= 0.6 is 0 Å². The van der Waals surface area contributed by atoms with Gasteiger partial charge in [-0.1, -0.05) is 47.6 Å². The van der Waals surface area contributed by atoms with E-state index in [0.29, 0.717) is 61.6 Å². The van der Waals surface area contributed by atoms with Crippen LogP contribution in [0.15, 0.2) is 30.3 Å². The Hall–Kier alpha value is -3.15. The first kappa shape index (κ1) is 31.1. The van der Waals surface area contributed by atoms with E-state index in [-0.39, 0.29) is 5.78 Å². The van der Waals surface area contributed by atoms with Gasteiger partial charge in [0.1, 0.15) is 11.3 Å². The van der Waals surface area contributed by atoms with Crippen LogP contribution in [0, 0.1) is 0 Å². The maximum absolute atomic E-state index is 13.9. The molecule has 2 aromatic rings. The van der Waals surface area contributed by atoms with Crippen molar-refractivity contribution in [2.45, 2.75) is 80.1 Å². The van der Waals surface area contributed by atoms with Crippen LogP contribution in [0.3, 0.4) is 0 Å². The summed E-state index contributed by atoms with van der Waals surface area (Å²) in [7, 11) is 0. The molecule has 6 nitrogen and oxygen atoms in total. The Bertz CT molecular complexity index is 989. The first-order valence-corrected chi connectivity index (χ1v) is 14.2. The molecule has 2 aromatic carbocycles. The van der Waals surface area contributed by atoms with Crippen LogP contribution in [0.25, 0.3) is 6.08 Å². The summed E-state index contributed by atoms with van der Waals surface area (Å²) in [5.41, 5.74) is 2.36. The number of aryl methyl sites for hydroxylation is 1. The number of ketones is 1. The fraction of sp³-hybridized carbons (Fsp3) is 0.531. The van der Waals surface area contributed by atoms with Crippen molar-refractivity contribution < 1.29 is 28.5 Å². The van der Waals surface area contributed by atoms with Gasteiger partial charge in [-0.3, -0.25) is 4.79 Å². The van der Waals surface area contributed by atoms with E-state index in [1.54, 1.807) is 12.1 Å². The maximum Gasteiger partial charge on any atom is 0.193 e. The molecule has 0 spiro atoms. The minimum atomic E-state index is -0.242. The molecule has 0 N–H and O–H groups in total. The zero-order valence-electron chi connectivity index (χ0n) is 24.2. The zero-order valence-corrected chi connectivity index (χ0v) is 24.2. The van der Waals surface area contributed by atoms with Gasteiger partial charge in [0.15, 0.2) is 28.8 Å². The van der Waals surface area contributed by atoms with Gasteiger partial charge in [-0.05, 0) is 68.4 Å². The van der Waals surface area contributed by atoms with Crippen LogP contribution in [-0.2, 0) is 6.42 Å². The quantitative estimate of drug-likeness (QED) is 0.136. The van der Waals surface area contributed by atoms with Crippen molar-refractivity contribution in [3.05, 3.63) is 47.0 Å². The molecule has 0 radical (unpaired) electrons. The van der Waals surface area contributed by atoms with Gasteiger partial charge < -0.3 is 23.7 Å². The first-order valence-electron chi connectivity index (χ1n) is 14.2. The monoisotopic (exact) mass is 526 g/mol. The van der Waals surface area contributed by atoms with Gasteiger partial charge in [-0.25, -0.2) is 0 Å². The van der Waals surface area contributed by atoms with E-state index in [1.165, 1.54) is 5.56 Å². The molecule has 210 valence electrons. The standard InChI is InChI=1S/C32H46O6/c1-7-17-34-27-16-13-24(12-6)22-25(27)14-15-26(33)30-31(37-20-10-4)28(35-18-8-2)23-29(36-19-9-3)32(30)38-21-11-5/h13-16,22-23H,7-12,17-21H2,1-6H3. The molecule has 0 unspecified atom stereocenters. The molecule has 0 aliphatic rings. The highest BCUT2D eigenvalue weighted by atomic mass is 16.5. The second kappa shape index (κ2) is 17.4. The lowest BCUT2D eigenvalue weighted by molar-refractivity contribution is 0.103. The number of benzene rings is 2. The molecular weight excluding hydrogens is 480 g/mol. The highest BCUT2D eigenvalue weighted by Gasteiger charge is 2.27. The van der Waals surface area contributed by atoms with Gasteiger partial charge in [0.05, 0.1) is 33.0 Å². The summed E-state index contributed by atoms with van der Waals surface area (Å²) in [6, 6.07) is 7.89. The number of ether oxygens (including phenoxy) is 5. The van der Waals surface area contributed by atoms with Crippen molar-refractivity contribution in [1.82, 2.24) is 0 Å². The Morgan fingerprint density at radius 2 is 1.11 bits per heavy atom. The summed E-state index contributed by atoms with van der Waals surface area (Å²) in [5.74, 6) is 2.29. The lowest BCUT2D eigenvalue weighted by Crippen LogP contribution is -2.12. The summed E-state index contributed by atoms with van der Waals surface area (Å²) < 4.78 is 30.3. The molecule has 6 heteroatoms. The molecule has 0 atom stereocenters. The van der Waals surface area contributed by atoms with Crippen molar-refractivity contribution in [2.75, 3.05) is 33.0 Å². The van der Waals surface area contributed by atoms with Crippen LogP contribution in [0.5, 0.6) is 28.7 Å². The largest absolute Gasteiger partial charge is 0.493 e. The average Bonchev–Trinajstić information content (AvgIpc) is 2.94. The Balaban J connectivity index is 2.67. The van der Waals surface area contributed by atoms with Gasteiger partial charge in [-0.2, -0.15) is 0 Å². The molecule has 0 bridgehead atoms. The Morgan fingerprint density at radius 3 is 1.58 bits per heavy atom. The third-order valence-electron chi connectivity index (χ3n) is 5.59. The van der Waals surface area contributed by atoms with Gasteiger partial charge in [-0.15, -0.1) is 0 Å². The lowest BCUT2D eigenvalue weighted by Gasteiger charge is -2.21. The highest BCUT2D eigenvalue weighted by Crippen LogP contribution is 2.46. The third kappa shape index (κ3) is 9.00. The van der Waals surface area contributed by atoms with Crippen molar-refractivity contribution >= 4 is 11.9 Å². The summed E-state index contributed by atoms with van der Waals surface area (Å²) >= 11 is 0. The number of hydrogen-bond donors (Lipinski definition) is 0. The van der Waals surface area contributed by atoms with Crippen molar-refractivity contribution in [3.8, 4) is 28.7 Å². The fourth-order valence-electron chi connectivity index (χ4n) is 3.70. The zero-order chi connectivity index (χ0) is 27.8. The molecule has 0 aliphatic heterocycles. The van der Waals surface area contributed by atoms with Crippen LogP contribution < -0.4 is 23.7 Å². The minimum absolute atomic E-state index is 0.242. The van der Waals surface area contributed by atoms with E-state index in [9.17, 15) is 4.79 Å². The third-order valence-corrected chi connectivity index (χ3v) is 5.59. The molecule has 0 aromatic heterocycles. The molecule has 0 amide bonds. The topological polar surface area (TPSA) is 63.2 Å². The van der Waals surface area contributed by atoms with Crippen molar-refractivity contribution in [1.29, 1.82) is 0 Å². The van der Waals surface area contributed by atoms with E-state index >= 15 is 0 Å². The van der Waals surface area contributed by atoms with Crippen LogP contribution in [-0.4, -0.2) is 38.8 Å². The molecule has 2 rings (SSSR count). The fourth-order valence-corrected chi connectivity index (χ4v) is 3.70. The SMILES string of the molecule is CCCOc1ccc(CC)cc1C=CC(=O)c1c(OCCC)c(OCCC)cc(OCCC)c1OCCC. The van der Waals surface area contributed by atoms with Crippen LogP contribution in [0.1, 0.15) is 95.1 Å². The lowest BCUT2D eigenvalue weighted by atomic mass is 10.0. The number of allylic oxidation sites excluding steroid dienone is 1. The van der Waals surface area contributed by atoms with Crippen molar-refractivity contribution in [2.24, 2.45) is 0 Å². The van der Waals surface area contributed by atoms with Crippen molar-refractivity contribution in [3.63, 3.8) is 0 Å². The second-order valence-corrected chi connectivity index (χ2v) is 9.07. The predicted molar refractivity (Wildman–Crippen MR) is 155 cm³/mol. The molecular formula is C32H46O6. The minimum Gasteiger partial charge on any atom is -0.493 e. The smallest absolute Gasteiger partial charge is 0.193 e. The number of hydrogen-bond acceptors (Lipinski definition) is 6. The Labute approximate surface area is 229 Å². The maximum atomic E-state index is 13.9. The number of rotatable bonds is 19. The van der Waals surface area contributed by atoms with E-state index in [4.69, 9.17) is 23.7 Å². The van der Waals surface area contributed by atoms with E-state index < -0.39 is 0 Å². The molecule has 0 aliphatic carbocycles. The van der Waals surface area contributed by atoms with Gasteiger partial charge in [0.25, 0.3) is 0 Å². The average molecular weight is 527 g/mol. The summed E-state index contributed by atoms with van der Waals surface area (Å²) in [6.45, 7) is 14.8. The van der Waals surface area contributed by atoms with E-state index in [1.807, 2.05) is 39.8 Å². The Morgan fingerprint density at radius 1 is 0.632 bits per heavy atom. The molecule has 0 heterocycles. The Kier molecular flexibility index (Phi) is 14.2. The van der Waals surface area contributed by atoms with Gasteiger partial charge in [0.2, 0.25) is 0 Å². The van der Waals surface area contributed by atoms with E-state index in [2.05, 4.69) is 26.0 Å². The second-order valence-electron chi connectivity index (χ2n) is 9.07. The number of carbonyl (C=O) groups is 1. The predicted octanol–water partition coefficient (Wildman–Crippen LogP) is 8.09. The van der Waals surface area contributed by atoms with Gasteiger partial charge in [0, 0.05) is 11.6 Å². The summed E-state index contributed by atoms with van der Waals surface area (Å²) in [4.78, 5) is 13.9. The molecule has 0 saturated carbocycles. The molecule has 0 saturated heterocycles. The highest BCUT2D eigenvalue weighted by molar-refractivity contribution is 6.11. The first-order chi connectivity index (χ1) is 18.5. The van der Waals surface area contributed by atoms with Crippen LogP contribution in [0.4, 0.5) is 0 Å². The normalized spacial score (nSPS) is 11.0. The van der Waals surface area contributed by atoms with Gasteiger partial charge >= 0.3 is 0 Å². The summed E-state index contributed by atoms with van der Waals surface area (Å²) in [5, 5.41) is 0. The molecule has 38 heavy (non-hydrogen) atoms. The number of carbonyl (C=O) groups excluding carboxylic acids is 1. The summed E-state index contributed by atoms with van der Waals surface area (Å²) in [6.07, 6.45) is 8.39. The van der Waals surface area contributed by atoms with Crippen LogP contribution in [0.2, 0.25) is 0 Å². The van der Waals surface area contributed by atoms with E-state index in [0.717, 1.165) is 49.8 Å².